The normalized spacial score (nSPS) is 9.92. The summed E-state index contributed by atoms with van der Waals surface area (Å²) in [4.78, 5) is 22.5. The van der Waals surface area contributed by atoms with Crippen LogP contribution in [-0.2, 0) is 7.05 Å². The molecule has 5 heteroatoms. The highest BCUT2D eigenvalue weighted by Crippen LogP contribution is 1.80. The second-order valence-electron chi connectivity index (χ2n) is 2.57. The summed E-state index contributed by atoms with van der Waals surface area (Å²) in [6.07, 6.45) is 1.51. The van der Waals surface area contributed by atoms with Crippen LogP contribution in [0.2, 0.25) is 0 Å². The van der Waals surface area contributed by atoms with Crippen molar-refractivity contribution in [3.8, 4) is 0 Å². The molecule has 0 bridgehead atoms. The average molecular weight is 169 g/mol. The summed E-state index contributed by atoms with van der Waals surface area (Å²) in [5.74, 6) is 0. The Labute approximate surface area is 69.2 Å². The molecule has 0 aliphatic carbocycles. The maximum absolute atomic E-state index is 11.3. The van der Waals surface area contributed by atoms with Gasteiger partial charge in [0.15, 0.2) is 0 Å². The quantitative estimate of drug-likeness (QED) is 0.588. The van der Waals surface area contributed by atoms with E-state index in [4.69, 9.17) is 0 Å². The molecule has 0 atom stereocenters. The topological polar surface area (TPSA) is 56.0 Å². The van der Waals surface area contributed by atoms with Crippen LogP contribution in [-0.4, -0.2) is 16.3 Å². The molecule has 0 aliphatic rings. The molecule has 0 saturated heterocycles. The Morgan fingerprint density at radius 3 is 2.50 bits per heavy atom. The lowest BCUT2D eigenvalue weighted by molar-refractivity contribution is 0.686. The summed E-state index contributed by atoms with van der Waals surface area (Å²) in [5, 5.41) is 0. The van der Waals surface area contributed by atoms with E-state index in [1.807, 2.05) is 0 Å². The van der Waals surface area contributed by atoms with Crippen molar-refractivity contribution in [2.75, 3.05) is 12.5 Å². The van der Waals surface area contributed by atoms with Crippen LogP contribution in [0.3, 0.4) is 0 Å². The Morgan fingerprint density at radius 2 is 2.00 bits per heavy atom. The number of aromatic nitrogens is 2. The minimum Gasteiger partial charge on any atom is -0.322 e. The van der Waals surface area contributed by atoms with Crippen molar-refractivity contribution in [2.24, 2.45) is 7.05 Å². The lowest BCUT2D eigenvalue weighted by atomic mass is 10.4. The van der Waals surface area contributed by atoms with Gasteiger partial charge in [0.1, 0.15) is 0 Å². The lowest BCUT2D eigenvalue weighted by Gasteiger charge is -2.06. The number of nitrogens with one attached hydrogen (secondary N) is 1. The minimum atomic E-state index is -0.367. The van der Waals surface area contributed by atoms with Crippen molar-refractivity contribution in [2.45, 2.75) is 6.92 Å². The maximum atomic E-state index is 11.3. The average Bonchev–Trinajstić information content (AvgIpc) is 2.02. The Kier molecular flexibility index (Phi) is 2.03. The summed E-state index contributed by atoms with van der Waals surface area (Å²) in [6.45, 7) is 1.66. The summed E-state index contributed by atoms with van der Waals surface area (Å²) in [7, 11) is 3.13. The third-order valence-corrected chi connectivity index (χ3v) is 1.64. The molecule has 1 rings (SSSR count). The maximum Gasteiger partial charge on any atom is 0.349 e. The predicted molar refractivity (Wildman–Crippen MR) is 46.0 cm³/mol. The van der Waals surface area contributed by atoms with Crippen molar-refractivity contribution in [3.05, 3.63) is 32.6 Å². The monoisotopic (exact) mass is 169 g/mol. The summed E-state index contributed by atoms with van der Waals surface area (Å²) in [5.41, 5.74) is 2.38. The standard InChI is InChI=1S/C7H11N3O2/c1-5-4-9(3)7(12)10(8-2)6(5)11/h4,8H,1-3H3. The van der Waals surface area contributed by atoms with E-state index in [9.17, 15) is 9.59 Å². The van der Waals surface area contributed by atoms with Crippen LogP contribution in [0.1, 0.15) is 5.56 Å². The molecular weight excluding hydrogens is 158 g/mol. The van der Waals surface area contributed by atoms with Gasteiger partial charge in [0.05, 0.1) is 0 Å². The van der Waals surface area contributed by atoms with Gasteiger partial charge in [0.25, 0.3) is 5.56 Å². The highest BCUT2D eigenvalue weighted by molar-refractivity contribution is 5.02. The van der Waals surface area contributed by atoms with Crippen LogP contribution < -0.4 is 16.7 Å². The van der Waals surface area contributed by atoms with E-state index < -0.39 is 0 Å². The van der Waals surface area contributed by atoms with Crippen LogP contribution >= 0.6 is 0 Å². The van der Waals surface area contributed by atoms with Gasteiger partial charge in [0.2, 0.25) is 0 Å². The largest absolute Gasteiger partial charge is 0.349 e. The van der Waals surface area contributed by atoms with Crippen LogP contribution in [0.25, 0.3) is 0 Å². The minimum absolute atomic E-state index is 0.305. The zero-order valence-electron chi connectivity index (χ0n) is 7.29. The van der Waals surface area contributed by atoms with Gasteiger partial charge in [-0.05, 0) is 6.92 Å². The van der Waals surface area contributed by atoms with E-state index in [0.717, 1.165) is 4.68 Å². The van der Waals surface area contributed by atoms with Gasteiger partial charge in [-0.1, -0.05) is 0 Å². The first kappa shape index (κ1) is 8.58. The molecular formula is C7H11N3O2. The van der Waals surface area contributed by atoms with Crippen molar-refractivity contribution >= 4 is 0 Å². The molecule has 0 spiro atoms. The first-order valence-electron chi connectivity index (χ1n) is 3.55. The second-order valence-corrected chi connectivity index (χ2v) is 2.57. The Balaban J connectivity index is 3.65. The van der Waals surface area contributed by atoms with E-state index in [1.165, 1.54) is 17.8 Å². The third kappa shape index (κ3) is 1.13. The molecule has 1 N–H and O–H groups in total. The van der Waals surface area contributed by atoms with E-state index >= 15 is 0 Å². The molecule has 1 heterocycles. The first-order chi connectivity index (χ1) is 5.57. The van der Waals surface area contributed by atoms with Gasteiger partial charge in [-0.25, -0.2) is 4.79 Å². The Hall–Kier alpha value is -1.52. The summed E-state index contributed by atoms with van der Waals surface area (Å²) >= 11 is 0. The van der Waals surface area contributed by atoms with Crippen LogP contribution in [0.5, 0.6) is 0 Å². The molecule has 5 nitrogen and oxygen atoms in total. The van der Waals surface area contributed by atoms with Crippen molar-refractivity contribution in [3.63, 3.8) is 0 Å². The SMILES string of the molecule is CNn1c(=O)c(C)cn(C)c1=O. The van der Waals surface area contributed by atoms with E-state index in [-0.39, 0.29) is 11.2 Å². The first-order valence-corrected chi connectivity index (χ1v) is 3.55. The van der Waals surface area contributed by atoms with Crippen LogP contribution in [0.15, 0.2) is 15.8 Å². The highest BCUT2D eigenvalue weighted by atomic mass is 16.2. The molecule has 0 aliphatic heterocycles. The van der Waals surface area contributed by atoms with Gasteiger partial charge in [-0.2, -0.15) is 4.68 Å². The molecule has 0 amide bonds. The zero-order valence-corrected chi connectivity index (χ0v) is 7.29. The predicted octanol–water partition coefficient (Wildman–Crippen LogP) is -0.971. The molecule has 0 fully saturated rings. The molecule has 0 unspecified atom stereocenters. The summed E-state index contributed by atoms with van der Waals surface area (Å²) < 4.78 is 2.32. The van der Waals surface area contributed by atoms with Crippen LogP contribution in [0.4, 0.5) is 0 Å². The highest BCUT2D eigenvalue weighted by Gasteiger charge is 2.03. The molecule has 0 aromatic carbocycles. The fraction of sp³-hybridized carbons (Fsp3) is 0.429. The van der Waals surface area contributed by atoms with Crippen molar-refractivity contribution in [1.82, 2.24) is 9.24 Å². The number of nitrogens with zero attached hydrogens (tertiary/aromatic N) is 2. The van der Waals surface area contributed by atoms with Crippen molar-refractivity contribution in [1.29, 1.82) is 0 Å². The molecule has 1 aromatic rings. The second kappa shape index (κ2) is 2.84. The van der Waals surface area contributed by atoms with Gasteiger partial charge in [0, 0.05) is 25.9 Å². The van der Waals surface area contributed by atoms with Gasteiger partial charge in [-0.3, -0.25) is 4.79 Å². The summed E-state index contributed by atoms with van der Waals surface area (Å²) in [6, 6.07) is 0. The zero-order chi connectivity index (χ0) is 9.30. The molecule has 0 radical (unpaired) electrons. The van der Waals surface area contributed by atoms with E-state index in [0.29, 0.717) is 5.56 Å². The number of hydrogen-bond donors (Lipinski definition) is 1. The molecule has 0 saturated carbocycles. The lowest BCUT2D eigenvalue weighted by Crippen LogP contribution is -2.43. The molecule has 12 heavy (non-hydrogen) atoms. The Morgan fingerprint density at radius 1 is 1.42 bits per heavy atom. The number of hydrogen-bond acceptors (Lipinski definition) is 3. The fourth-order valence-corrected chi connectivity index (χ4v) is 1.02. The molecule has 66 valence electrons. The number of rotatable bonds is 1. The van der Waals surface area contributed by atoms with Gasteiger partial charge < -0.3 is 9.99 Å². The Bertz CT molecular complexity index is 368. The van der Waals surface area contributed by atoms with Gasteiger partial charge >= 0.3 is 5.69 Å². The fourth-order valence-electron chi connectivity index (χ4n) is 1.02. The molecule has 1 aromatic heterocycles. The van der Waals surface area contributed by atoms with Crippen LogP contribution in [0, 0.1) is 6.92 Å². The van der Waals surface area contributed by atoms with E-state index in [1.54, 1.807) is 14.0 Å². The van der Waals surface area contributed by atoms with Gasteiger partial charge in [-0.15, -0.1) is 0 Å². The number of aryl methyl sites for hydroxylation is 2. The van der Waals surface area contributed by atoms with Crippen molar-refractivity contribution < 1.29 is 0 Å². The smallest absolute Gasteiger partial charge is 0.322 e. The third-order valence-electron chi connectivity index (χ3n) is 1.64. The van der Waals surface area contributed by atoms with E-state index in [2.05, 4.69) is 5.43 Å².